The Morgan fingerprint density at radius 1 is 1.47 bits per heavy atom. The van der Waals surface area contributed by atoms with Crippen LogP contribution in [0.25, 0.3) is 0 Å². The number of nitrogens with one attached hydrogen (secondary N) is 1. The van der Waals surface area contributed by atoms with Gasteiger partial charge in [-0.2, -0.15) is 0 Å². The van der Waals surface area contributed by atoms with Crippen molar-refractivity contribution in [2.45, 2.75) is 18.2 Å². The Morgan fingerprint density at radius 3 is 2.60 bits per heavy atom. The fraction of sp³-hybridized carbons (Fsp3) is 0.364. The maximum Gasteiger partial charge on any atom is 0.224 e. The van der Waals surface area contributed by atoms with Gasteiger partial charge >= 0.3 is 0 Å². The van der Waals surface area contributed by atoms with Gasteiger partial charge in [0.05, 0.1) is 6.42 Å². The lowest BCUT2D eigenvalue weighted by Gasteiger charge is -2.06. The molecule has 1 aromatic carbocycles. The first-order chi connectivity index (χ1) is 7.08. The van der Waals surface area contributed by atoms with Gasteiger partial charge in [0, 0.05) is 16.4 Å². The topological polar surface area (TPSA) is 29.1 Å². The molecule has 0 radical (unpaired) electrons. The van der Waals surface area contributed by atoms with Gasteiger partial charge in [0.15, 0.2) is 0 Å². The molecule has 0 bridgehead atoms. The standard InChI is InChI=1S/C11H13BrClNO/c1-8(12)7-14-11(15)6-9-2-4-10(13)5-3-9/h2-5,8H,6-7H2,1H3,(H,14,15). The fourth-order valence-corrected chi connectivity index (χ4v) is 1.39. The third-order valence-electron chi connectivity index (χ3n) is 1.86. The quantitative estimate of drug-likeness (QED) is 0.849. The van der Waals surface area contributed by atoms with Gasteiger partial charge in [-0.3, -0.25) is 4.79 Å². The SMILES string of the molecule is CC(Br)CNC(=O)Cc1ccc(Cl)cc1. The van der Waals surface area contributed by atoms with E-state index in [1.54, 1.807) is 12.1 Å². The van der Waals surface area contributed by atoms with Crippen LogP contribution in [0.15, 0.2) is 24.3 Å². The molecule has 1 aromatic rings. The average molecular weight is 291 g/mol. The summed E-state index contributed by atoms with van der Waals surface area (Å²) in [5.41, 5.74) is 0.971. The van der Waals surface area contributed by atoms with Crippen LogP contribution in [0.5, 0.6) is 0 Å². The summed E-state index contributed by atoms with van der Waals surface area (Å²) in [7, 11) is 0. The zero-order valence-corrected chi connectivity index (χ0v) is 10.8. The summed E-state index contributed by atoms with van der Waals surface area (Å²) >= 11 is 9.11. The van der Waals surface area contributed by atoms with Crippen molar-refractivity contribution in [1.29, 1.82) is 0 Å². The Balaban J connectivity index is 2.41. The second kappa shape index (κ2) is 6.13. The van der Waals surface area contributed by atoms with Crippen molar-refractivity contribution >= 4 is 33.4 Å². The van der Waals surface area contributed by atoms with E-state index in [0.29, 0.717) is 22.8 Å². The molecule has 0 aromatic heterocycles. The molecule has 0 spiro atoms. The van der Waals surface area contributed by atoms with Gasteiger partial charge in [0.1, 0.15) is 0 Å². The molecule has 0 fully saturated rings. The van der Waals surface area contributed by atoms with Gasteiger partial charge in [-0.05, 0) is 17.7 Å². The monoisotopic (exact) mass is 289 g/mol. The molecule has 1 rings (SSSR count). The van der Waals surface area contributed by atoms with Gasteiger partial charge in [-0.15, -0.1) is 0 Å². The van der Waals surface area contributed by atoms with Gasteiger partial charge < -0.3 is 5.32 Å². The molecule has 1 unspecified atom stereocenters. The highest BCUT2D eigenvalue weighted by atomic mass is 79.9. The Hall–Kier alpha value is -0.540. The van der Waals surface area contributed by atoms with E-state index in [9.17, 15) is 4.79 Å². The summed E-state index contributed by atoms with van der Waals surface area (Å²) in [5, 5.41) is 3.51. The Bertz CT molecular complexity index is 324. The molecule has 1 atom stereocenters. The van der Waals surface area contributed by atoms with Crippen molar-refractivity contribution in [2.75, 3.05) is 6.54 Å². The summed E-state index contributed by atoms with van der Waals surface area (Å²) in [6.07, 6.45) is 0.400. The largest absolute Gasteiger partial charge is 0.355 e. The number of rotatable bonds is 4. The third kappa shape index (κ3) is 5.19. The number of hydrogen-bond acceptors (Lipinski definition) is 1. The summed E-state index contributed by atoms with van der Waals surface area (Å²) in [6.45, 7) is 2.63. The highest BCUT2D eigenvalue weighted by molar-refractivity contribution is 9.09. The third-order valence-corrected chi connectivity index (χ3v) is 2.43. The predicted molar refractivity (Wildman–Crippen MR) is 66.6 cm³/mol. The number of carbonyl (C=O) groups excluding carboxylic acids is 1. The maximum atomic E-state index is 11.4. The van der Waals surface area contributed by atoms with Crippen molar-refractivity contribution in [3.05, 3.63) is 34.9 Å². The minimum Gasteiger partial charge on any atom is -0.355 e. The van der Waals surface area contributed by atoms with Gasteiger partial charge in [0.25, 0.3) is 0 Å². The summed E-state index contributed by atoms with van der Waals surface area (Å²) < 4.78 is 0. The van der Waals surface area contributed by atoms with Crippen molar-refractivity contribution in [2.24, 2.45) is 0 Å². The van der Waals surface area contributed by atoms with Crippen LogP contribution >= 0.6 is 27.5 Å². The fourth-order valence-electron chi connectivity index (χ4n) is 1.10. The molecule has 1 amide bonds. The molecule has 1 N–H and O–H groups in total. The van der Waals surface area contributed by atoms with E-state index in [1.165, 1.54) is 0 Å². The second-order valence-corrected chi connectivity index (χ2v) is 5.39. The Kier molecular flexibility index (Phi) is 5.12. The molecule has 0 aliphatic carbocycles. The lowest BCUT2D eigenvalue weighted by molar-refractivity contribution is -0.120. The molecule has 0 heterocycles. The smallest absolute Gasteiger partial charge is 0.224 e. The van der Waals surface area contributed by atoms with Crippen LogP contribution < -0.4 is 5.32 Å². The Labute approximate surface area is 103 Å². The molecule has 0 aliphatic heterocycles. The highest BCUT2D eigenvalue weighted by Gasteiger charge is 2.04. The number of carbonyl (C=O) groups is 1. The lowest BCUT2D eigenvalue weighted by Crippen LogP contribution is -2.29. The average Bonchev–Trinajstić information content (AvgIpc) is 2.19. The van der Waals surface area contributed by atoms with Crippen LogP contribution in [0.1, 0.15) is 12.5 Å². The summed E-state index contributed by atoms with van der Waals surface area (Å²) in [5.74, 6) is 0.0311. The molecule has 0 saturated heterocycles. The summed E-state index contributed by atoms with van der Waals surface area (Å²) in [4.78, 5) is 11.7. The van der Waals surface area contributed by atoms with Gasteiger partial charge in [-0.25, -0.2) is 0 Å². The minimum absolute atomic E-state index is 0.0311. The van der Waals surface area contributed by atoms with E-state index in [4.69, 9.17) is 11.6 Å². The molecular weight excluding hydrogens is 277 g/mol. The number of alkyl halides is 1. The van der Waals surface area contributed by atoms with Crippen LogP contribution in [0, 0.1) is 0 Å². The number of halogens is 2. The summed E-state index contributed by atoms with van der Waals surface area (Å²) in [6, 6.07) is 7.30. The maximum absolute atomic E-state index is 11.4. The molecular formula is C11H13BrClNO. The second-order valence-electron chi connectivity index (χ2n) is 3.39. The van der Waals surface area contributed by atoms with Gasteiger partial charge in [0.2, 0.25) is 5.91 Å². The van der Waals surface area contributed by atoms with E-state index < -0.39 is 0 Å². The van der Waals surface area contributed by atoms with E-state index in [0.717, 1.165) is 5.56 Å². The van der Waals surface area contributed by atoms with Crippen LogP contribution in [0.3, 0.4) is 0 Å². The predicted octanol–water partition coefficient (Wildman–Crippen LogP) is 2.78. The molecule has 82 valence electrons. The van der Waals surface area contributed by atoms with E-state index >= 15 is 0 Å². The van der Waals surface area contributed by atoms with Crippen molar-refractivity contribution in [3.8, 4) is 0 Å². The van der Waals surface area contributed by atoms with E-state index in [2.05, 4.69) is 21.2 Å². The molecule has 15 heavy (non-hydrogen) atoms. The molecule has 0 aliphatic rings. The number of amides is 1. The zero-order valence-electron chi connectivity index (χ0n) is 8.47. The van der Waals surface area contributed by atoms with Crippen molar-refractivity contribution in [3.63, 3.8) is 0 Å². The zero-order chi connectivity index (χ0) is 11.3. The Morgan fingerprint density at radius 2 is 2.07 bits per heavy atom. The number of hydrogen-bond donors (Lipinski definition) is 1. The minimum atomic E-state index is 0.0311. The van der Waals surface area contributed by atoms with Crippen LogP contribution in [0.4, 0.5) is 0 Å². The highest BCUT2D eigenvalue weighted by Crippen LogP contribution is 2.09. The van der Waals surface area contributed by atoms with Crippen molar-refractivity contribution in [1.82, 2.24) is 5.32 Å². The first-order valence-electron chi connectivity index (χ1n) is 4.73. The van der Waals surface area contributed by atoms with Crippen LogP contribution in [0.2, 0.25) is 5.02 Å². The first-order valence-corrected chi connectivity index (χ1v) is 6.02. The lowest BCUT2D eigenvalue weighted by atomic mass is 10.1. The molecule has 4 heteroatoms. The van der Waals surface area contributed by atoms with E-state index in [-0.39, 0.29) is 5.91 Å². The molecule has 2 nitrogen and oxygen atoms in total. The normalized spacial score (nSPS) is 12.2. The first kappa shape index (κ1) is 12.5. The number of benzene rings is 1. The van der Waals surface area contributed by atoms with Crippen molar-refractivity contribution < 1.29 is 4.79 Å². The van der Waals surface area contributed by atoms with E-state index in [1.807, 2.05) is 19.1 Å². The van der Waals surface area contributed by atoms with Crippen LogP contribution in [-0.4, -0.2) is 17.3 Å². The van der Waals surface area contributed by atoms with Gasteiger partial charge in [-0.1, -0.05) is 46.6 Å². The van der Waals surface area contributed by atoms with Crippen LogP contribution in [-0.2, 0) is 11.2 Å². The molecule has 0 saturated carbocycles.